The minimum absolute atomic E-state index is 0.00791. The molecule has 0 radical (unpaired) electrons. The van der Waals surface area contributed by atoms with Crippen LogP contribution < -0.4 is 0 Å². The first-order chi connectivity index (χ1) is 10.3. The number of hydrogen-bond acceptors (Lipinski definition) is 2. The number of fused-ring (bicyclic) bond motifs is 2. The van der Waals surface area contributed by atoms with Crippen LogP contribution in [0.3, 0.4) is 0 Å². The largest absolute Gasteiger partial charge is 0.393 e. The quantitative estimate of drug-likeness (QED) is 0.548. The molecule has 2 saturated heterocycles. The molecule has 2 fully saturated rings. The van der Waals surface area contributed by atoms with Gasteiger partial charge in [0.05, 0.1) is 6.10 Å². The molecule has 124 valence electrons. The van der Waals surface area contributed by atoms with Crippen LogP contribution in [0, 0.1) is 0 Å². The monoisotopic (exact) mass is 295 g/mol. The first-order valence-corrected chi connectivity index (χ1v) is 9.75. The molecule has 0 amide bonds. The normalized spacial score (nSPS) is 29.1. The van der Waals surface area contributed by atoms with Crippen molar-refractivity contribution in [3.05, 3.63) is 0 Å². The summed E-state index contributed by atoms with van der Waals surface area (Å²) in [5.74, 6) is 0. The van der Waals surface area contributed by atoms with E-state index in [0.29, 0.717) is 12.1 Å². The van der Waals surface area contributed by atoms with Crippen LogP contribution in [0.15, 0.2) is 0 Å². The van der Waals surface area contributed by atoms with E-state index in [0.717, 1.165) is 12.8 Å². The summed E-state index contributed by atoms with van der Waals surface area (Å²) >= 11 is 0. The Morgan fingerprint density at radius 1 is 0.762 bits per heavy atom. The van der Waals surface area contributed by atoms with Gasteiger partial charge in [-0.1, -0.05) is 64.7 Å². The van der Waals surface area contributed by atoms with Crippen LogP contribution in [0.5, 0.6) is 0 Å². The van der Waals surface area contributed by atoms with E-state index in [9.17, 15) is 5.11 Å². The molecule has 1 N–H and O–H groups in total. The SMILES string of the molecule is CCCCCCCCCCCCN1C2CCC1CC(O)C2. The number of aliphatic hydroxyl groups excluding tert-OH is 1. The third-order valence-corrected chi connectivity index (χ3v) is 5.63. The molecular weight excluding hydrogens is 258 g/mol. The van der Waals surface area contributed by atoms with Crippen molar-refractivity contribution < 1.29 is 5.11 Å². The second kappa shape index (κ2) is 9.84. The topological polar surface area (TPSA) is 23.5 Å². The Balaban J connectivity index is 1.42. The number of nitrogens with zero attached hydrogens (tertiary/aromatic N) is 1. The molecule has 21 heavy (non-hydrogen) atoms. The van der Waals surface area contributed by atoms with E-state index in [2.05, 4.69) is 11.8 Å². The zero-order chi connectivity index (χ0) is 14.9. The van der Waals surface area contributed by atoms with Gasteiger partial charge in [0.25, 0.3) is 0 Å². The zero-order valence-corrected chi connectivity index (χ0v) is 14.2. The molecular formula is C19H37NO. The maximum absolute atomic E-state index is 9.83. The van der Waals surface area contributed by atoms with Crippen LogP contribution in [0.1, 0.15) is 96.8 Å². The van der Waals surface area contributed by atoms with E-state index in [4.69, 9.17) is 0 Å². The fourth-order valence-corrected chi connectivity index (χ4v) is 4.39. The van der Waals surface area contributed by atoms with Gasteiger partial charge in [0.15, 0.2) is 0 Å². The zero-order valence-electron chi connectivity index (χ0n) is 14.2. The summed E-state index contributed by atoms with van der Waals surface area (Å²) in [5.41, 5.74) is 0. The number of aliphatic hydroxyl groups is 1. The third-order valence-electron chi connectivity index (χ3n) is 5.63. The molecule has 0 aromatic heterocycles. The van der Waals surface area contributed by atoms with Gasteiger partial charge in [-0.25, -0.2) is 0 Å². The van der Waals surface area contributed by atoms with Crippen LogP contribution >= 0.6 is 0 Å². The van der Waals surface area contributed by atoms with Gasteiger partial charge in [-0.2, -0.15) is 0 Å². The van der Waals surface area contributed by atoms with Crippen molar-refractivity contribution in [3.8, 4) is 0 Å². The smallest absolute Gasteiger partial charge is 0.0570 e. The molecule has 2 heterocycles. The van der Waals surface area contributed by atoms with Gasteiger partial charge < -0.3 is 5.11 Å². The van der Waals surface area contributed by atoms with Gasteiger partial charge >= 0.3 is 0 Å². The molecule has 2 bridgehead atoms. The average Bonchev–Trinajstić information content (AvgIpc) is 2.71. The summed E-state index contributed by atoms with van der Waals surface area (Å²) in [6.45, 7) is 3.58. The highest BCUT2D eigenvalue weighted by molar-refractivity contribution is 4.94. The number of rotatable bonds is 11. The number of hydrogen-bond donors (Lipinski definition) is 1. The summed E-state index contributed by atoms with van der Waals surface area (Å²) in [5, 5.41) is 9.83. The van der Waals surface area contributed by atoms with Crippen molar-refractivity contribution in [2.24, 2.45) is 0 Å². The highest BCUT2D eigenvalue weighted by Gasteiger charge is 2.39. The van der Waals surface area contributed by atoms with E-state index in [1.165, 1.54) is 83.6 Å². The predicted octanol–water partition coefficient (Wildman–Crippen LogP) is 4.90. The maximum Gasteiger partial charge on any atom is 0.0570 e. The number of piperidine rings is 1. The summed E-state index contributed by atoms with van der Waals surface area (Å²) < 4.78 is 0. The fraction of sp³-hybridized carbons (Fsp3) is 1.00. The van der Waals surface area contributed by atoms with Gasteiger partial charge in [-0.15, -0.1) is 0 Å². The van der Waals surface area contributed by atoms with Crippen molar-refractivity contribution in [1.29, 1.82) is 0 Å². The molecule has 0 aliphatic carbocycles. The van der Waals surface area contributed by atoms with Crippen molar-refractivity contribution in [3.63, 3.8) is 0 Å². The summed E-state index contributed by atoms with van der Waals surface area (Å²) in [6.07, 6.45) is 19.0. The lowest BCUT2D eigenvalue weighted by Crippen LogP contribution is -2.44. The minimum atomic E-state index is -0.00791. The predicted molar refractivity (Wildman–Crippen MR) is 90.6 cm³/mol. The third kappa shape index (κ3) is 5.90. The molecule has 2 heteroatoms. The molecule has 2 aliphatic heterocycles. The van der Waals surface area contributed by atoms with Crippen LogP contribution in [-0.2, 0) is 0 Å². The molecule has 0 spiro atoms. The molecule has 2 rings (SSSR count). The lowest BCUT2D eigenvalue weighted by atomic mass is 9.99. The molecule has 2 nitrogen and oxygen atoms in total. The van der Waals surface area contributed by atoms with Gasteiger partial charge in [-0.3, -0.25) is 4.90 Å². The van der Waals surface area contributed by atoms with Gasteiger partial charge in [0.1, 0.15) is 0 Å². The Hall–Kier alpha value is -0.0800. The minimum Gasteiger partial charge on any atom is -0.393 e. The molecule has 0 saturated carbocycles. The molecule has 2 aliphatic rings. The van der Waals surface area contributed by atoms with Crippen molar-refractivity contribution in [1.82, 2.24) is 4.90 Å². The lowest BCUT2D eigenvalue weighted by molar-refractivity contribution is 0.0346. The molecule has 2 atom stereocenters. The Kier molecular flexibility index (Phi) is 8.10. The second-order valence-electron chi connectivity index (χ2n) is 7.43. The maximum atomic E-state index is 9.83. The second-order valence-corrected chi connectivity index (χ2v) is 7.43. The van der Waals surface area contributed by atoms with E-state index in [1.54, 1.807) is 0 Å². The Bertz CT molecular complexity index is 254. The van der Waals surface area contributed by atoms with E-state index in [1.807, 2.05) is 0 Å². The van der Waals surface area contributed by atoms with E-state index < -0.39 is 0 Å². The van der Waals surface area contributed by atoms with Crippen molar-refractivity contribution in [2.75, 3.05) is 6.54 Å². The van der Waals surface area contributed by atoms with Gasteiger partial charge in [0.2, 0.25) is 0 Å². The fourth-order valence-electron chi connectivity index (χ4n) is 4.39. The van der Waals surface area contributed by atoms with Crippen LogP contribution in [0.2, 0.25) is 0 Å². The summed E-state index contributed by atoms with van der Waals surface area (Å²) in [6, 6.07) is 1.41. The van der Waals surface area contributed by atoms with Crippen LogP contribution in [0.25, 0.3) is 0 Å². The Morgan fingerprint density at radius 3 is 1.76 bits per heavy atom. The lowest BCUT2D eigenvalue weighted by Gasteiger charge is -2.37. The highest BCUT2D eigenvalue weighted by Crippen LogP contribution is 2.35. The molecule has 0 aromatic carbocycles. The summed E-state index contributed by atoms with van der Waals surface area (Å²) in [4.78, 5) is 2.72. The van der Waals surface area contributed by atoms with Crippen LogP contribution in [0.4, 0.5) is 0 Å². The van der Waals surface area contributed by atoms with Crippen molar-refractivity contribution >= 4 is 0 Å². The van der Waals surface area contributed by atoms with Gasteiger partial charge in [0, 0.05) is 12.1 Å². The van der Waals surface area contributed by atoms with Crippen molar-refractivity contribution in [2.45, 2.75) is 115 Å². The Labute approximate surface area is 132 Å². The standard InChI is InChI=1S/C19H37NO/c1-2-3-4-5-6-7-8-9-10-11-14-20-17-12-13-18(20)16-19(21)15-17/h17-19,21H,2-16H2,1H3. The van der Waals surface area contributed by atoms with Gasteiger partial charge in [-0.05, 0) is 38.6 Å². The van der Waals surface area contributed by atoms with Crippen LogP contribution in [-0.4, -0.2) is 34.7 Å². The highest BCUT2D eigenvalue weighted by atomic mass is 16.3. The van der Waals surface area contributed by atoms with E-state index >= 15 is 0 Å². The molecule has 0 aromatic rings. The first-order valence-electron chi connectivity index (χ1n) is 9.75. The van der Waals surface area contributed by atoms with E-state index in [-0.39, 0.29) is 6.10 Å². The first kappa shape index (κ1) is 17.3. The summed E-state index contributed by atoms with van der Waals surface area (Å²) in [7, 11) is 0. The Morgan fingerprint density at radius 2 is 1.24 bits per heavy atom. The number of unbranched alkanes of at least 4 members (excludes halogenated alkanes) is 9. The average molecular weight is 296 g/mol. The molecule has 2 unspecified atom stereocenters.